The van der Waals surface area contributed by atoms with E-state index in [4.69, 9.17) is 4.74 Å². The normalized spacial score (nSPS) is 14.9. The van der Waals surface area contributed by atoms with E-state index in [1.807, 2.05) is 49.4 Å². The second kappa shape index (κ2) is 8.69. The number of rotatable bonds is 5. The third-order valence-electron chi connectivity index (χ3n) is 5.62. The summed E-state index contributed by atoms with van der Waals surface area (Å²) in [5, 5.41) is 12.4. The minimum atomic E-state index is -0.449. The molecule has 3 rings (SSSR count). The van der Waals surface area contributed by atoms with Gasteiger partial charge in [-0.15, -0.1) is 0 Å². The van der Waals surface area contributed by atoms with Gasteiger partial charge in [-0.3, -0.25) is 4.79 Å². The van der Waals surface area contributed by atoms with E-state index in [-0.39, 0.29) is 11.1 Å². The average Bonchev–Trinajstić information content (AvgIpc) is 2.72. The molecule has 0 spiro atoms. The Hall–Kier alpha value is -3.52. The van der Waals surface area contributed by atoms with Gasteiger partial charge in [0.2, 0.25) is 0 Å². The Kier molecular flexibility index (Phi) is 6.21. The molecule has 1 aliphatic heterocycles. The number of hydrogen-bond acceptors (Lipinski definition) is 4. The zero-order valence-corrected chi connectivity index (χ0v) is 19.0. The number of ether oxygens (including phenoxy) is 1. The Balaban J connectivity index is 2.02. The summed E-state index contributed by atoms with van der Waals surface area (Å²) in [6, 6.07) is 13.5. The van der Waals surface area contributed by atoms with Crippen molar-refractivity contribution in [1.29, 1.82) is 5.26 Å². The molecule has 0 unspecified atom stereocenters. The summed E-state index contributed by atoms with van der Waals surface area (Å²) in [7, 11) is 1.60. The number of amides is 1. The van der Waals surface area contributed by atoms with Crippen LogP contribution in [0.1, 0.15) is 44.4 Å². The highest BCUT2D eigenvalue weighted by Gasteiger charge is 2.31. The highest BCUT2D eigenvalue weighted by Crippen LogP contribution is 2.42. The summed E-state index contributed by atoms with van der Waals surface area (Å²) in [5.41, 5.74) is 5.66. The molecular formula is C26H29N3O2. The summed E-state index contributed by atoms with van der Waals surface area (Å²) in [4.78, 5) is 15.0. The molecular weight excluding hydrogens is 386 g/mol. The molecule has 0 bridgehead atoms. The molecule has 0 saturated carbocycles. The first-order valence-corrected chi connectivity index (χ1v) is 10.4. The van der Waals surface area contributed by atoms with E-state index >= 15 is 0 Å². The molecule has 0 atom stereocenters. The van der Waals surface area contributed by atoms with Crippen LogP contribution in [0.5, 0.6) is 5.75 Å². The quantitative estimate of drug-likeness (QED) is 0.512. The van der Waals surface area contributed by atoms with Crippen LogP contribution in [0.4, 0.5) is 11.4 Å². The lowest BCUT2D eigenvalue weighted by atomic mass is 9.87. The molecule has 2 aromatic carbocycles. The van der Waals surface area contributed by atoms with Crippen LogP contribution in [-0.4, -0.2) is 25.1 Å². The first-order valence-electron chi connectivity index (χ1n) is 10.4. The number of fused-ring (bicyclic) bond motifs is 1. The number of anilines is 2. The fourth-order valence-electron chi connectivity index (χ4n) is 4.13. The van der Waals surface area contributed by atoms with Gasteiger partial charge in [-0.05, 0) is 64.5 Å². The van der Waals surface area contributed by atoms with Gasteiger partial charge in [-0.1, -0.05) is 23.8 Å². The zero-order chi connectivity index (χ0) is 22.8. The Morgan fingerprint density at radius 2 is 1.90 bits per heavy atom. The number of nitriles is 1. The van der Waals surface area contributed by atoms with Crippen LogP contribution >= 0.6 is 0 Å². The molecule has 1 N–H and O–H groups in total. The molecule has 0 aromatic heterocycles. The Labute approximate surface area is 184 Å². The number of benzene rings is 2. The van der Waals surface area contributed by atoms with Crippen molar-refractivity contribution in [1.82, 2.24) is 0 Å². The van der Waals surface area contributed by atoms with Gasteiger partial charge in [-0.2, -0.15) is 5.26 Å². The summed E-state index contributed by atoms with van der Waals surface area (Å²) >= 11 is 0. The van der Waals surface area contributed by atoms with Crippen LogP contribution in [0.25, 0.3) is 11.6 Å². The largest absolute Gasteiger partial charge is 0.496 e. The predicted molar refractivity (Wildman–Crippen MR) is 127 cm³/mol. The molecule has 160 valence electrons. The summed E-state index contributed by atoms with van der Waals surface area (Å²) < 4.78 is 5.63. The smallest absolute Gasteiger partial charge is 0.266 e. The Morgan fingerprint density at radius 1 is 1.23 bits per heavy atom. The van der Waals surface area contributed by atoms with Gasteiger partial charge in [0.15, 0.2) is 0 Å². The van der Waals surface area contributed by atoms with E-state index in [2.05, 4.69) is 44.0 Å². The summed E-state index contributed by atoms with van der Waals surface area (Å²) in [6.07, 6.45) is 3.83. The first-order chi connectivity index (χ1) is 14.7. The maximum Gasteiger partial charge on any atom is 0.266 e. The average molecular weight is 416 g/mol. The minimum absolute atomic E-state index is 0.0175. The van der Waals surface area contributed by atoms with Crippen molar-refractivity contribution in [3.63, 3.8) is 0 Å². The molecule has 5 heteroatoms. The second-order valence-corrected chi connectivity index (χ2v) is 8.33. The van der Waals surface area contributed by atoms with Gasteiger partial charge in [0.1, 0.15) is 17.4 Å². The maximum absolute atomic E-state index is 12.7. The zero-order valence-electron chi connectivity index (χ0n) is 19.0. The molecule has 0 fully saturated rings. The highest BCUT2D eigenvalue weighted by molar-refractivity contribution is 6.10. The number of methoxy groups -OCH3 is 1. The van der Waals surface area contributed by atoms with E-state index in [9.17, 15) is 10.1 Å². The second-order valence-electron chi connectivity index (χ2n) is 8.33. The standard InChI is InChI=1S/C26H29N3O2/c1-7-29-23-14-24(31-6)19(13-22(23)18(3)15-26(29,4)5)12-20(16-27)25(30)28-21-10-8-17(2)9-11-21/h8-15H,7H2,1-6H3,(H,28,30)/b20-12+. The van der Waals surface area contributed by atoms with Crippen LogP contribution < -0.4 is 15.0 Å². The number of carbonyl (C=O) groups is 1. The number of hydrogen-bond donors (Lipinski definition) is 1. The lowest BCUT2D eigenvalue weighted by molar-refractivity contribution is -0.112. The highest BCUT2D eigenvalue weighted by atomic mass is 16.5. The van der Waals surface area contributed by atoms with Crippen molar-refractivity contribution >= 4 is 28.9 Å². The van der Waals surface area contributed by atoms with Gasteiger partial charge in [0.25, 0.3) is 5.91 Å². The van der Waals surface area contributed by atoms with Crippen LogP contribution in [0.15, 0.2) is 48.0 Å². The van der Waals surface area contributed by atoms with E-state index in [0.717, 1.165) is 28.9 Å². The number of allylic oxidation sites excluding steroid dienone is 1. The third kappa shape index (κ3) is 4.49. The van der Waals surface area contributed by atoms with Gasteiger partial charge >= 0.3 is 0 Å². The monoisotopic (exact) mass is 415 g/mol. The third-order valence-corrected chi connectivity index (χ3v) is 5.62. The molecule has 0 aliphatic carbocycles. The molecule has 1 amide bonds. The van der Waals surface area contributed by atoms with E-state index in [1.54, 1.807) is 13.2 Å². The van der Waals surface area contributed by atoms with E-state index in [1.165, 1.54) is 0 Å². The van der Waals surface area contributed by atoms with Gasteiger partial charge in [0.05, 0.1) is 12.6 Å². The van der Waals surface area contributed by atoms with Crippen molar-refractivity contribution in [3.05, 3.63) is 64.7 Å². The number of aryl methyl sites for hydroxylation is 1. The summed E-state index contributed by atoms with van der Waals surface area (Å²) in [5.74, 6) is 0.174. The van der Waals surface area contributed by atoms with Crippen LogP contribution in [0.3, 0.4) is 0 Å². The molecule has 1 heterocycles. The molecule has 0 radical (unpaired) electrons. The number of likely N-dealkylation sites (N-methyl/N-ethyl adjacent to an activating group) is 1. The van der Waals surface area contributed by atoms with Crippen LogP contribution in [0.2, 0.25) is 0 Å². The summed E-state index contributed by atoms with van der Waals surface area (Å²) in [6.45, 7) is 11.4. The SMILES string of the molecule is CCN1c2cc(OC)c(/C=C(\C#N)C(=O)Nc3ccc(C)cc3)cc2C(C)=CC1(C)C. The maximum atomic E-state index is 12.7. The molecule has 0 saturated heterocycles. The van der Waals surface area contributed by atoms with Crippen LogP contribution in [0, 0.1) is 18.3 Å². The molecule has 2 aromatic rings. The fraction of sp³-hybridized carbons (Fsp3) is 0.308. The number of nitrogens with zero attached hydrogens (tertiary/aromatic N) is 2. The van der Waals surface area contributed by atoms with E-state index < -0.39 is 5.91 Å². The topological polar surface area (TPSA) is 65.4 Å². The molecule has 1 aliphatic rings. The van der Waals surface area contributed by atoms with Crippen LogP contribution in [-0.2, 0) is 4.79 Å². The van der Waals surface area contributed by atoms with Crippen molar-refractivity contribution in [2.24, 2.45) is 0 Å². The van der Waals surface area contributed by atoms with Crippen molar-refractivity contribution in [2.75, 3.05) is 23.9 Å². The van der Waals surface area contributed by atoms with Gasteiger partial charge in [0, 0.05) is 35.1 Å². The first kappa shape index (κ1) is 22.2. The molecule has 31 heavy (non-hydrogen) atoms. The van der Waals surface area contributed by atoms with Crippen molar-refractivity contribution < 1.29 is 9.53 Å². The lowest BCUT2D eigenvalue weighted by Gasteiger charge is -2.43. The van der Waals surface area contributed by atoms with Crippen molar-refractivity contribution in [3.8, 4) is 11.8 Å². The fourth-order valence-corrected chi connectivity index (χ4v) is 4.13. The van der Waals surface area contributed by atoms with E-state index in [0.29, 0.717) is 17.0 Å². The van der Waals surface area contributed by atoms with Gasteiger partial charge in [-0.25, -0.2) is 0 Å². The predicted octanol–water partition coefficient (Wildman–Crippen LogP) is 5.57. The van der Waals surface area contributed by atoms with Gasteiger partial charge < -0.3 is 15.0 Å². The Morgan fingerprint density at radius 3 is 2.48 bits per heavy atom. The number of nitrogens with one attached hydrogen (secondary N) is 1. The number of carbonyl (C=O) groups excluding carboxylic acids is 1. The molecule has 5 nitrogen and oxygen atoms in total. The van der Waals surface area contributed by atoms with Crippen molar-refractivity contribution in [2.45, 2.75) is 40.2 Å². The minimum Gasteiger partial charge on any atom is -0.496 e. The Bertz CT molecular complexity index is 1100. The lowest BCUT2D eigenvalue weighted by Crippen LogP contribution is -2.44.